The van der Waals surface area contributed by atoms with Crippen LogP contribution in [-0.2, 0) is 54.7 Å². The molecule has 14 nitrogen and oxygen atoms in total. The Hall–Kier alpha value is -6.67. The number of Topliss-reactive ketones (excluding diaryl/α,β-unsaturated/α-hetero) is 1. The fourth-order valence-electron chi connectivity index (χ4n) is 11.1. The van der Waals surface area contributed by atoms with Crippen LogP contribution in [0.25, 0.3) is 0 Å². The van der Waals surface area contributed by atoms with Crippen LogP contribution in [0.15, 0.2) is 103 Å². The molecule has 1 aliphatic carbocycles. The Bertz CT molecular complexity index is 2770. The quantitative estimate of drug-likeness (QED) is 0.0768. The number of aryl methyl sites for hydroxylation is 1. The minimum atomic E-state index is -0.887. The number of likely N-dealkylation sites (N-methyl/N-ethyl adjacent to an activating group) is 1. The molecule has 9 atom stereocenters. The fraction of sp³-hybridized carbons (Fsp3) is 0.508. The van der Waals surface area contributed by atoms with Crippen LogP contribution >= 0.6 is 0 Å². The van der Waals surface area contributed by atoms with Gasteiger partial charge in [-0.05, 0) is 109 Å². The molecule has 1 saturated heterocycles. The van der Waals surface area contributed by atoms with Gasteiger partial charge in [0.2, 0.25) is 29.5 Å². The van der Waals surface area contributed by atoms with Crippen LogP contribution in [0.5, 0.6) is 0 Å². The van der Waals surface area contributed by atoms with Crippen molar-refractivity contribution >= 4 is 41.2 Å². The molecule has 4 aromatic rings. The maximum atomic E-state index is 15.5. The van der Waals surface area contributed by atoms with Gasteiger partial charge in [-0.25, -0.2) is 0 Å². The average molecular weight is 1050 g/mol. The van der Waals surface area contributed by atoms with Gasteiger partial charge in [-0.1, -0.05) is 146 Å². The summed E-state index contributed by atoms with van der Waals surface area (Å²) in [6, 6.07) is 28.5. The average Bonchev–Trinajstić information content (AvgIpc) is 3.87. The molecule has 2 heterocycles. The zero-order chi connectivity index (χ0) is 55.9. The smallest absolute Gasteiger partial charge is 0.251 e. The van der Waals surface area contributed by atoms with E-state index in [0.29, 0.717) is 18.4 Å². The van der Waals surface area contributed by atoms with Crippen molar-refractivity contribution < 1.29 is 33.6 Å². The van der Waals surface area contributed by atoms with Gasteiger partial charge in [-0.3, -0.25) is 33.6 Å². The highest BCUT2D eigenvalue weighted by atomic mass is 16.2. The molecule has 412 valence electrons. The lowest BCUT2D eigenvalue weighted by Gasteiger charge is -2.43. The number of amides is 6. The number of fused-ring (bicyclic) bond motifs is 2. The van der Waals surface area contributed by atoms with E-state index in [4.69, 9.17) is 0 Å². The van der Waals surface area contributed by atoms with Gasteiger partial charge < -0.3 is 36.0 Å². The van der Waals surface area contributed by atoms with Gasteiger partial charge in [-0.2, -0.15) is 0 Å². The second-order valence-electron chi connectivity index (χ2n) is 24.0. The summed E-state index contributed by atoms with van der Waals surface area (Å²) in [4.78, 5) is 106. The first-order valence-electron chi connectivity index (χ1n) is 27.8. The van der Waals surface area contributed by atoms with Crippen LogP contribution in [0.4, 0.5) is 0 Å². The zero-order valence-corrected chi connectivity index (χ0v) is 47.3. The lowest BCUT2D eigenvalue weighted by molar-refractivity contribution is -0.152. The van der Waals surface area contributed by atoms with Gasteiger partial charge in [0, 0.05) is 55.9 Å². The van der Waals surface area contributed by atoms with Crippen LogP contribution in [0.3, 0.4) is 0 Å². The molecule has 4 N–H and O–H groups in total. The Labute approximate surface area is 456 Å². The van der Waals surface area contributed by atoms with E-state index in [1.165, 1.54) is 5.56 Å². The predicted molar refractivity (Wildman–Crippen MR) is 300 cm³/mol. The summed E-state index contributed by atoms with van der Waals surface area (Å²) in [7, 11) is 1.71. The molecule has 14 heteroatoms. The van der Waals surface area contributed by atoms with E-state index in [9.17, 15) is 28.8 Å². The third kappa shape index (κ3) is 13.7. The van der Waals surface area contributed by atoms with Crippen LogP contribution in [0.1, 0.15) is 157 Å². The molecule has 77 heavy (non-hydrogen) atoms. The minimum Gasteiger partial charge on any atom is -0.347 e. The van der Waals surface area contributed by atoms with E-state index in [0.717, 1.165) is 47.1 Å². The highest BCUT2D eigenvalue weighted by Gasteiger charge is 2.47. The van der Waals surface area contributed by atoms with E-state index in [1.807, 2.05) is 147 Å². The van der Waals surface area contributed by atoms with Gasteiger partial charge in [0.1, 0.15) is 23.9 Å². The number of nitrogens with zero attached hydrogens (tertiary/aromatic N) is 3. The van der Waals surface area contributed by atoms with Crippen molar-refractivity contribution in [2.24, 2.45) is 22.7 Å². The molecule has 3 unspecified atom stereocenters. The summed E-state index contributed by atoms with van der Waals surface area (Å²) in [5.74, 6) is -2.84. The fourth-order valence-corrected chi connectivity index (χ4v) is 11.1. The normalized spacial score (nSPS) is 20.3. The maximum Gasteiger partial charge on any atom is 0.251 e. The van der Waals surface area contributed by atoms with Crippen molar-refractivity contribution in [2.75, 3.05) is 13.6 Å². The van der Waals surface area contributed by atoms with E-state index in [1.54, 1.807) is 40.8 Å². The van der Waals surface area contributed by atoms with Crippen molar-refractivity contribution in [1.29, 1.82) is 0 Å². The number of carbonyl (C=O) groups excluding carboxylic acids is 7. The van der Waals surface area contributed by atoms with Gasteiger partial charge in [-0.15, -0.1) is 0 Å². The summed E-state index contributed by atoms with van der Waals surface area (Å²) < 4.78 is 0. The van der Waals surface area contributed by atoms with Crippen molar-refractivity contribution in [2.45, 2.75) is 170 Å². The number of nitrogens with one attached hydrogen (secondary N) is 4. The SMILES string of the molecule is CC[C@@H](C)C(=O)N[C@H](C(=O)N1Cc2ccccc2C[C@H]1C(=O)N(Cc1ccc(C(=O)NC2C[C@@H](C(=O)NC3CCCc4ccccc43)N(C(=O)[C@@H](CC(=O)[C@H](C)NC)C(C)(C)C)C2)cc1)C(C)c1ccccc1)C(C)(C)C. The molecule has 0 saturated carbocycles. The molecule has 7 rings (SSSR count). The van der Waals surface area contributed by atoms with E-state index < -0.39 is 53.0 Å². The largest absolute Gasteiger partial charge is 0.347 e. The topological polar surface area (TPSA) is 177 Å². The number of carbonyl (C=O) groups is 7. The van der Waals surface area contributed by atoms with Crippen LogP contribution in [0.2, 0.25) is 0 Å². The summed E-state index contributed by atoms with van der Waals surface area (Å²) in [5.41, 5.74) is 4.95. The lowest BCUT2D eigenvalue weighted by atomic mass is 9.76. The van der Waals surface area contributed by atoms with Gasteiger partial charge >= 0.3 is 0 Å². The standard InChI is InChI=1S/C63H83N7O7/c1-12-39(2)56(72)67-55(63(8,9)10)61(77)69-37-47-25-17-16-24-46(47)33-53(69)60(76)68(41(4)43-21-14-13-15-22-43)36-42-29-31-45(32-30-42)57(73)65-48-34-52(58(74)66-51-28-20-26-44-23-18-19-27-49(44)51)70(38-48)59(75)50(62(5,6)7)35-54(71)40(3)64-11/h13-19,21-25,27,29-32,39-41,48,50-53,55,64H,12,20,26,28,33-38H2,1-11H3,(H,65,73)(H,66,74)(H,67,72)/t39-,40+,41?,48?,50-,51?,52+,53+,55-/m1/s1. The Balaban J connectivity index is 1.14. The Morgan fingerprint density at radius 1 is 0.714 bits per heavy atom. The molecular weight excluding hydrogens is 967 g/mol. The molecule has 4 aromatic carbocycles. The summed E-state index contributed by atoms with van der Waals surface area (Å²) >= 11 is 0. The highest BCUT2D eigenvalue weighted by molar-refractivity contribution is 5.96. The first-order chi connectivity index (χ1) is 36.5. The predicted octanol–water partition coefficient (Wildman–Crippen LogP) is 8.43. The Kier molecular flexibility index (Phi) is 18.7. The van der Waals surface area contributed by atoms with Gasteiger partial charge in [0.05, 0.1) is 18.1 Å². The van der Waals surface area contributed by atoms with E-state index in [2.05, 4.69) is 27.3 Å². The van der Waals surface area contributed by atoms with Crippen molar-refractivity contribution in [3.05, 3.63) is 142 Å². The van der Waals surface area contributed by atoms with Crippen LogP contribution < -0.4 is 21.3 Å². The molecule has 0 spiro atoms. The lowest BCUT2D eigenvalue weighted by Crippen LogP contribution is -2.61. The number of hydrogen-bond acceptors (Lipinski definition) is 8. The number of benzene rings is 4. The van der Waals surface area contributed by atoms with Gasteiger partial charge in [0.25, 0.3) is 5.91 Å². The van der Waals surface area contributed by atoms with Crippen LogP contribution in [-0.4, -0.2) is 99.7 Å². The third-order valence-electron chi connectivity index (χ3n) is 16.5. The molecule has 0 aromatic heterocycles. The second kappa shape index (κ2) is 24.8. The molecule has 0 radical (unpaired) electrons. The Morgan fingerprint density at radius 2 is 1.35 bits per heavy atom. The second-order valence-corrected chi connectivity index (χ2v) is 24.0. The number of rotatable bonds is 18. The first-order valence-corrected chi connectivity index (χ1v) is 27.8. The highest BCUT2D eigenvalue weighted by Crippen LogP contribution is 2.36. The Morgan fingerprint density at radius 3 is 1.99 bits per heavy atom. The molecule has 0 bridgehead atoms. The van der Waals surface area contributed by atoms with E-state index in [-0.39, 0.29) is 85.7 Å². The molecular formula is C63H83N7O7. The number of hydrogen-bond donors (Lipinski definition) is 4. The third-order valence-corrected chi connectivity index (χ3v) is 16.5. The van der Waals surface area contributed by atoms with E-state index >= 15 is 4.79 Å². The van der Waals surface area contributed by atoms with Crippen molar-refractivity contribution in [3.63, 3.8) is 0 Å². The minimum absolute atomic E-state index is 0.00251. The molecule has 6 amide bonds. The maximum absolute atomic E-state index is 15.5. The van der Waals surface area contributed by atoms with Crippen molar-refractivity contribution in [3.8, 4) is 0 Å². The summed E-state index contributed by atoms with van der Waals surface area (Å²) in [5, 5.41) is 12.5. The van der Waals surface area contributed by atoms with Crippen molar-refractivity contribution in [1.82, 2.24) is 36.0 Å². The van der Waals surface area contributed by atoms with Gasteiger partial charge in [0.15, 0.2) is 0 Å². The number of ketones is 1. The molecule has 3 aliphatic rings. The summed E-state index contributed by atoms with van der Waals surface area (Å²) in [6.07, 6.45) is 3.71. The molecule has 2 aliphatic heterocycles. The first kappa shape index (κ1) is 58.0. The van der Waals surface area contributed by atoms with Crippen LogP contribution in [0, 0.1) is 22.7 Å². The monoisotopic (exact) mass is 1050 g/mol. The number of likely N-dealkylation sites (tertiary alicyclic amines) is 1. The zero-order valence-electron chi connectivity index (χ0n) is 47.3. The molecule has 1 fully saturated rings. The summed E-state index contributed by atoms with van der Waals surface area (Å²) in [6.45, 7) is 19.6.